The van der Waals surface area contributed by atoms with Gasteiger partial charge in [-0.15, -0.1) is 0 Å². The van der Waals surface area contributed by atoms with Crippen LogP contribution in [0.5, 0.6) is 0 Å². The number of nitrogens with one attached hydrogen (secondary N) is 2. The van der Waals surface area contributed by atoms with E-state index in [1.807, 2.05) is 36.4 Å². The molecular weight excluding hydrogens is 354 g/mol. The lowest BCUT2D eigenvalue weighted by atomic mass is 10.1. The molecule has 2 aromatic carbocycles. The number of rotatable bonds is 8. The zero-order chi connectivity index (χ0) is 18.5. The minimum atomic E-state index is 0.218. The molecule has 1 aliphatic carbocycles. The van der Waals surface area contributed by atoms with Gasteiger partial charge in [0.1, 0.15) is 0 Å². The van der Waals surface area contributed by atoms with E-state index in [0.717, 1.165) is 59.2 Å². The third kappa shape index (κ3) is 4.61. The van der Waals surface area contributed by atoms with E-state index in [1.54, 1.807) is 11.8 Å². The molecule has 1 aromatic heterocycles. The summed E-state index contributed by atoms with van der Waals surface area (Å²) in [6.45, 7) is 0.736. The third-order valence-corrected chi connectivity index (χ3v) is 5.56. The number of aromatic nitrogens is 2. The van der Waals surface area contributed by atoms with Gasteiger partial charge in [-0.25, -0.2) is 4.98 Å². The van der Waals surface area contributed by atoms with E-state index >= 15 is 0 Å². The predicted molar refractivity (Wildman–Crippen MR) is 111 cm³/mol. The summed E-state index contributed by atoms with van der Waals surface area (Å²) in [5, 5.41) is 3.93. The van der Waals surface area contributed by atoms with Crippen molar-refractivity contribution in [2.75, 3.05) is 12.3 Å². The number of H-pyrrole nitrogens is 1. The van der Waals surface area contributed by atoms with Crippen molar-refractivity contribution < 1.29 is 4.79 Å². The smallest absolute Gasteiger partial charge is 0.223 e. The van der Waals surface area contributed by atoms with Gasteiger partial charge in [0.2, 0.25) is 5.91 Å². The van der Waals surface area contributed by atoms with Gasteiger partial charge in [0.15, 0.2) is 5.16 Å². The average molecular weight is 378 g/mol. The lowest BCUT2D eigenvalue weighted by Crippen LogP contribution is -2.26. The summed E-state index contributed by atoms with van der Waals surface area (Å²) in [6, 6.07) is 20.6. The van der Waals surface area contributed by atoms with Crippen LogP contribution in [-0.4, -0.2) is 28.2 Å². The molecule has 27 heavy (non-hydrogen) atoms. The summed E-state index contributed by atoms with van der Waals surface area (Å²) in [7, 11) is 0. The van der Waals surface area contributed by atoms with Crippen LogP contribution in [0.3, 0.4) is 0 Å². The molecule has 0 saturated heterocycles. The molecule has 0 radical (unpaired) electrons. The van der Waals surface area contributed by atoms with Crippen molar-refractivity contribution in [1.82, 2.24) is 15.3 Å². The minimum absolute atomic E-state index is 0.218. The summed E-state index contributed by atoms with van der Waals surface area (Å²) >= 11 is 1.70. The Labute approximate surface area is 163 Å². The van der Waals surface area contributed by atoms with Gasteiger partial charge < -0.3 is 10.3 Å². The van der Waals surface area contributed by atoms with Crippen LogP contribution in [0.15, 0.2) is 65.8 Å². The molecule has 3 aromatic rings. The van der Waals surface area contributed by atoms with E-state index < -0.39 is 0 Å². The Morgan fingerprint density at radius 1 is 1.04 bits per heavy atom. The van der Waals surface area contributed by atoms with E-state index in [9.17, 15) is 4.79 Å². The molecule has 0 bridgehead atoms. The van der Waals surface area contributed by atoms with Crippen LogP contribution >= 0.6 is 11.8 Å². The maximum absolute atomic E-state index is 11.7. The largest absolute Gasteiger partial charge is 0.356 e. The summed E-state index contributed by atoms with van der Waals surface area (Å²) in [4.78, 5) is 20.0. The number of carbonyl (C=O) groups is 1. The maximum Gasteiger partial charge on any atom is 0.223 e. The molecule has 0 atom stereocenters. The Morgan fingerprint density at radius 3 is 2.37 bits per heavy atom. The maximum atomic E-state index is 11.7. The molecule has 4 rings (SSSR count). The van der Waals surface area contributed by atoms with E-state index in [0.29, 0.717) is 0 Å². The first kappa shape index (κ1) is 17.9. The Balaban J connectivity index is 1.43. The van der Waals surface area contributed by atoms with Crippen molar-refractivity contribution in [1.29, 1.82) is 0 Å². The van der Waals surface area contributed by atoms with E-state index in [1.165, 1.54) is 0 Å². The topological polar surface area (TPSA) is 57.8 Å². The lowest BCUT2D eigenvalue weighted by Gasteiger charge is -2.03. The number of amides is 1. The van der Waals surface area contributed by atoms with E-state index in [2.05, 4.69) is 34.6 Å². The number of nitrogens with zero attached hydrogens (tertiary/aromatic N) is 1. The molecule has 138 valence electrons. The molecule has 2 N–H and O–H groups in total. The van der Waals surface area contributed by atoms with Crippen molar-refractivity contribution in [3.05, 3.63) is 60.7 Å². The monoisotopic (exact) mass is 377 g/mol. The molecule has 1 amide bonds. The molecule has 0 aliphatic heterocycles. The third-order valence-electron chi connectivity index (χ3n) is 4.60. The second kappa shape index (κ2) is 8.44. The minimum Gasteiger partial charge on any atom is -0.356 e. The first-order valence-electron chi connectivity index (χ1n) is 9.42. The second-order valence-electron chi connectivity index (χ2n) is 6.76. The highest BCUT2D eigenvalue weighted by molar-refractivity contribution is 7.99. The van der Waals surface area contributed by atoms with Crippen LogP contribution in [0.25, 0.3) is 22.5 Å². The normalized spacial score (nSPS) is 13.5. The molecule has 1 saturated carbocycles. The Hall–Kier alpha value is -2.53. The van der Waals surface area contributed by atoms with E-state index in [4.69, 9.17) is 4.98 Å². The number of hydrogen-bond donors (Lipinski definition) is 2. The highest BCUT2D eigenvalue weighted by Gasteiger charge is 2.28. The van der Waals surface area contributed by atoms with Crippen LogP contribution in [0.2, 0.25) is 0 Å². The second-order valence-corrected chi connectivity index (χ2v) is 7.85. The fraction of sp³-hybridized carbons (Fsp3) is 0.273. The van der Waals surface area contributed by atoms with Gasteiger partial charge in [-0.05, 0) is 19.3 Å². The zero-order valence-corrected chi connectivity index (χ0v) is 16.0. The van der Waals surface area contributed by atoms with Gasteiger partial charge in [-0.2, -0.15) is 0 Å². The van der Waals surface area contributed by atoms with Crippen molar-refractivity contribution in [3.63, 3.8) is 0 Å². The molecule has 0 unspecified atom stereocenters. The van der Waals surface area contributed by atoms with Crippen LogP contribution in [0.4, 0.5) is 0 Å². The molecule has 1 heterocycles. The number of imidazole rings is 1. The SMILES string of the molecule is O=C(NCCCSc1nc(-c2ccccc2)c(-c2ccccc2)[nH]1)C1CC1. The molecule has 1 fully saturated rings. The average Bonchev–Trinajstić information content (AvgIpc) is 3.49. The molecular formula is C22H23N3OS. The first-order chi connectivity index (χ1) is 13.3. The predicted octanol–water partition coefficient (Wildman–Crippen LogP) is 4.75. The van der Waals surface area contributed by atoms with Gasteiger partial charge in [0, 0.05) is 29.3 Å². The number of hydrogen-bond acceptors (Lipinski definition) is 3. The van der Waals surface area contributed by atoms with Crippen LogP contribution in [0, 0.1) is 5.92 Å². The zero-order valence-electron chi connectivity index (χ0n) is 15.2. The summed E-state index contributed by atoms with van der Waals surface area (Å²) in [5.74, 6) is 1.42. The van der Waals surface area contributed by atoms with Crippen LogP contribution in [-0.2, 0) is 4.79 Å². The van der Waals surface area contributed by atoms with Crippen molar-refractivity contribution in [2.45, 2.75) is 24.4 Å². The van der Waals surface area contributed by atoms with Crippen LogP contribution in [0.1, 0.15) is 19.3 Å². The summed E-state index contributed by atoms with van der Waals surface area (Å²) < 4.78 is 0. The van der Waals surface area contributed by atoms with Gasteiger partial charge >= 0.3 is 0 Å². The standard InChI is InChI=1S/C22H23N3OS/c26-21(18-12-13-18)23-14-7-15-27-22-24-19(16-8-3-1-4-9-16)20(25-22)17-10-5-2-6-11-17/h1-6,8-11,18H,7,12-15H2,(H,23,26)(H,24,25). The molecule has 4 nitrogen and oxygen atoms in total. The Kier molecular flexibility index (Phi) is 5.58. The first-order valence-corrected chi connectivity index (χ1v) is 10.4. The Morgan fingerprint density at radius 2 is 1.70 bits per heavy atom. The number of carbonyl (C=O) groups excluding carboxylic acids is 1. The van der Waals surface area contributed by atoms with Gasteiger partial charge in [0.25, 0.3) is 0 Å². The molecule has 0 spiro atoms. The number of aromatic amines is 1. The van der Waals surface area contributed by atoms with Crippen molar-refractivity contribution in [2.24, 2.45) is 5.92 Å². The number of benzene rings is 2. The van der Waals surface area contributed by atoms with Gasteiger partial charge in [-0.3, -0.25) is 4.79 Å². The van der Waals surface area contributed by atoms with Crippen LogP contribution < -0.4 is 5.32 Å². The molecule has 1 aliphatic rings. The van der Waals surface area contributed by atoms with Gasteiger partial charge in [-0.1, -0.05) is 72.4 Å². The van der Waals surface area contributed by atoms with Gasteiger partial charge in [0.05, 0.1) is 11.4 Å². The van der Waals surface area contributed by atoms with E-state index in [-0.39, 0.29) is 11.8 Å². The highest BCUT2D eigenvalue weighted by atomic mass is 32.2. The van der Waals surface area contributed by atoms with Crippen molar-refractivity contribution >= 4 is 17.7 Å². The summed E-state index contributed by atoms with van der Waals surface area (Å²) in [6.07, 6.45) is 3.04. The Bertz CT molecular complexity index is 831. The highest BCUT2D eigenvalue weighted by Crippen LogP contribution is 2.32. The molecule has 5 heteroatoms. The van der Waals surface area contributed by atoms with Crippen molar-refractivity contribution in [3.8, 4) is 22.5 Å². The fourth-order valence-electron chi connectivity index (χ4n) is 2.98. The number of thioether (sulfide) groups is 1. The fourth-order valence-corrected chi connectivity index (χ4v) is 3.79. The lowest BCUT2D eigenvalue weighted by molar-refractivity contribution is -0.122. The quantitative estimate of drug-likeness (QED) is 0.440. The summed E-state index contributed by atoms with van der Waals surface area (Å²) in [5.41, 5.74) is 4.27.